The monoisotopic (exact) mass is 327 g/mol. The molecule has 0 bridgehead atoms. The second-order valence-corrected chi connectivity index (χ2v) is 5.80. The van der Waals surface area contributed by atoms with Gasteiger partial charge in [-0.15, -0.1) is 0 Å². The van der Waals surface area contributed by atoms with Crippen LogP contribution in [0.4, 0.5) is 0 Å². The molecule has 0 unspecified atom stereocenters. The summed E-state index contributed by atoms with van der Waals surface area (Å²) in [7, 11) is 0. The molecule has 0 amide bonds. The van der Waals surface area contributed by atoms with Crippen molar-refractivity contribution in [1.82, 2.24) is 4.40 Å². The van der Waals surface area contributed by atoms with Crippen molar-refractivity contribution in [1.29, 1.82) is 0 Å². The Balaban J connectivity index is 2.26. The molecule has 0 saturated heterocycles. The SMILES string of the molecule is Cc1c(Br)cccc1-c1ccn2c(=O)c(C)ccc2c1. The van der Waals surface area contributed by atoms with Crippen LogP contribution in [0.3, 0.4) is 0 Å². The molecule has 0 radical (unpaired) electrons. The predicted octanol–water partition coefficient (Wildman–Crippen LogP) is 4.35. The molecule has 0 aliphatic heterocycles. The first-order chi connectivity index (χ1) is 9.58. The second kappa shape index (κ2) is 4.91. The molecular formula is C17H14BrNO. The van der Waals surface area contributed by atoms with Crippen molar-refractivity contribution in [2.45, 2.75) is 13.8 Å². The number of pyridine rings is 2. The summed E-state index contributed by atoms with van der Waals surface area (Å²) in [4.78, 5) is 12.1. The van der Waals surface area contributed by atoms with Gasteiger partial charge in [-0.1, -0.05) is 34.1 Å². The largest absolute Gasteiger partial charge is 0.284 e. The summed E-state index contributed by atoms with van der Waals surface area (Å²) in [6.07, 6.45) is 1.85. The maximum absolute atomic E-state index is 12.1. The molecule has 0 spiro atoms. The summed E-state index contributed by atoms with van der Waals surface area (Å²) in [5, 5.41) is 0. The van der Waals surface area contributed by atoms with Crippen LogP contribution in [0.1, 0.15) is 11.1 Å². The molecule has 2 heterocycles. The standard InChI is InChI=1S/C17H14BrNO/c1-11-6-7-14-10-13(8-9-19(14)17(11)20)15-4-3-5-16(18)12(15)2/h3-10H,1-2H3. The van der Waals surface area contributed by atoms with E-state index in [1.165, 1.54) is 11.1 Å². The van der Waals surface area contributed by atoms with Crippen molar-refractivity contribution in [3.05, 3.63) is 74.6 Å². The van der Waals surface area contributed by atoms with Crippen LogP contribution in [0.5, 0.6) is 0 Å². The first-order valence-electron chi connectivity index (χ1n) is 6.45. The highest BCUT2D eigenvalue weighted by atomic mass is 79.9. The number of benzene rings is 1. The number of rotatable bonds is 1. The number of aryl methyl sites for hydroxylation is 1. The Kier molecular flexibility index (Phi) is 3.22. The highest BCUT2D eigenvalue weighted by Gasteiger charge is 2.06. The van der Waals surface area contributed by atoms with Crippen molar-refractivity contribution in [2.75, 3.05) is 0 Å². The van der Waals surface area contributed by atoms with Gasteiger partial charge in [0.2, 0.25) is 0 Å². The predicted molar refractivity (Wildman–Crippen MR) is 86.3 cm³/mol. The van der Waals surface area contributed by atoms with Crippen LogP contribution in [-0.4, -0.2) is 4.40 Å². The van der Waals surface area contributed by atoms with Gasteiger partial charge in [0.1, 0.15) is 0 Å². The van der Waals surface area contributed by atoms with Gasteiger partial charge >= 0.3 is 0 Å². The average molecular weight is 328 g/mol. The summed E-state index contributed by atoms with van der Waals surface area (Å²) in [5.74, 6) is 0. The molecule has 0 aliphatic rings. The summed E-state index contributed by atoms with van der Waals surface area (Å²) >= 11 is 3.56. The lowest BCUT2D eigenvalue weighted by Gasteiger charge is -2.10. The third-order valence-corrected chi connectivity index (χ3v) is 4.48. The van der Waals surface area contributed by atoms with Gasteiger partial charge in [-0.05, 0) is 54.8 Å². The Hall–Kier alpha value is -1.87. The van der Waals surface area contributed by atoms with Gasteiger partial charge in [0.15, 0.2) is 0 Å². The van der Waals surface area contributed by atoms with Gasteiger partial charge in [-0.2, -0.15) is 0 Å². The Labute approximate surface area is 125 Å². The number of halogens is 1. The van der Waals surface area contributed by atoms with Crippen LogP contribution in [0, 0.1) is 13.8 Å². The third kappa shape index (κ3) is 2.08. The summed E-state index contributed by atoms with van der Waals surface area (Å²) in [5.41, 5.74) is 5.21. The van der Waals surface area contributed by atoms with Crippen LogP contribution in [-0.2, 0) is 0 Å². The van der Waals surface area contributed by atoms with Crippen LogP contribution in [0.2, 0.25) is 0 Å². The van der Waals surface area contributed by atoms with Gasteiger partial charge in [-0.3, -0.25) is 9.20 Å². The van der Waals surface area contributed by atoms with Crippen LogP contribution in [0.15, 0.2) is 57.9 Å². The van der Waals surface area contributed by atoms with E-state index in [0.717, 1.165) is 21.1 Å². The lowest BCUT2D eigenvalue weighted by Crippen LogP contribution is -2.15. The maximum atomic E-state index is 12.1. The summed E-state index contributed by atoms with van der Waals surface area (Å²) in [6, 6.07) is 14.0. The van der Waals surface area contributed by atoms with Crippen molar-refractivity contribution >= 4 is 21.4 Å². The zero-order valence-corrected chi connectivity index (χ0v) is 12.9. The highest BCUT2D eigenvalue weighted by Crippen LogP contribution is 2.29. The van der Waals surface area contributed by atoms with E-state index in [2.05, 4.69) is 35.0 Å². The molecule has 2 nitrogen and oxygen atoms in total. The molecule has 0 N–H and O–H groups in total. The topological polar surface area (TPSA) is 21.5 Å². The van der Waals surface area contributed by atoms with Gasteiger partial charge in [0.05, 0.1) is 0 Å². The summed E-state index contributed by atoms with van der Waals surface area (Å²) in [6.45, 7) is 3.92. The van der Waals surface area contributed by atoms with Crippen LogP contribution >= 0.6 is 15.9 Å². The first-order valence-corrected chi connectivity index (χ1v) is 7.25. The maximum Gasteiger partial charge on any atom is 0.257 e. The van der Waals surface area contributed by atoms with Gasteiger partial charge in [0.25, 0.3) is 5.56 Å². The summed E-state index contributed by atoms with van der Waals surface area (Å²) < 4.78 is 2.78. The Morgan fingerprint density at radius 2 is 1.85 bits per heavy atom. The normalized spacial score (nSPS) is 10.9. The molecule has 1 aromatic carbocycles. The van der Waals surface area contributed by atoms with Gasteiger partial charge in [-0.25, -0.2) is 0 Å². The Morgan fingerprint density at radius 1 is 1.05 bits per heavy atom. The zero-order chi connectivity index (χ0) is 14.3. The minimum Gasteiger partial charge on any atom is -0.284 e. The van der Waals surface area contributed by atoms with Crippen LogP contribution < -0.4 is 5.56 Å². The highest BCUT2D eigenvalue weighted by molar-refractivity contribution is 9.10. The van der Waals surface area contributed by atoms with Crippen LogP contribution in [0.25, 0.3) is 16.6 Å². The molecule has 0 saturated carbocycles. The number of fused-ring (bicyclic) bond motifs is 1. The molecule has 0 aliphatic carbocycles. The average Bonchev–Trinajstić information content (AvgIpc) is 2.46. The van der Waals surface area contributed by atoms with E-state index >= 15 is 0 Å². The molecular weight excluding hydrogens is 314 g/mol. The molecule has 0 atom stereocenters. The quantitative estimate of drug-likeness (QED) is 0.651. The van der Waals surface area contributed by atoms with E-state index in [0.29, 0.717) is 0 Å². The minimum absolute atomic E-state index is 0.0417. The molecule has 3 aromatic rings. The van der Waals surface area contributed by atoms with E-state index < -0.39 is 0 Å². The Bertz CT molecular complexity index is 864. The number of nitrogens with zero attached hydrogens (tertiary/aromatic N) is 1. The first kappa shape index (κ1) is 13.1. The van der Waals surface area contributed by atoms with Crippen molar-refractivity contribution in [3.63, 3.8) is 0 Å². The van der Waals surface area contributed by atoms with Crippen molar-refractivity contribution in [3.8, 4) is 11.1 Å². The van der Waals surface area contributed by atoms with E-state index in [4.69, 9.17) is 0 Å². The number of aromatic nitrogens is 1. The molecule has 0 fully saturated rings. The number of hydrogen-bond acceptors (Lipinski definition) is 1. The zero-order valence-electron chi connectivity index (χ0n) is 11.4. The minimum atomic E-state index is 0.0417. The fourth-order valence-electron chi connectivity index (χ4n) is 2.39. The fourth-order valence-corrected chi connectivity index (χ4v) is 2.76. The fraction of sp³-hybridized carbons (Fsp3) is 0.118. The smallest absolute Gasteiger partial charge is 0.257 e. The van der Waals surface area contributed by atoms with E-state index in [1.807, 2.05) is 43.5 Å². The lowest BCUT2D eigenvalue weighted by molar-refractivity contribution is 1.07. The van der Waals surface area contributed by atoms with E-state index in [9.17, 15) is 4.79 Å². The Morgan fingerprint density at radius 3 is 2.65 bits per heavy atom. The van der Waals surface area contributed by atoms with Crippen molar-refractivity contribution < 1.29 is 0 Å². The molecule has 20 heavy (non-hydrogen) atoms. The number of hydrogen-bond donors (Lipinski definition) is 0. The third-order valence-electron chi connectivity index (χ3n) is 3.62. The molecule has 3 rings (SSSR count). The van der Waals surface area contributed by atoms with E-state index in [-0.39, 0.29) is 5.56 Å². The second-order valence-electron chi connectivity index (χ2n) is 4.94. The molecule has 100 valence electrons. The van der Waals surface area contributed by atoms with Gasteiger partial charge < -0.3 is 0 Å². The molecule has 2 aromatic heterocycles. The van der Waals surface area contributed by atoms with Gasteiger partial charge in [0, 0.05) is 21.7 Å². The molecule has 3 heteroatoms. The van der Waals surface area contributed by atoms with Crippen molar-refractivity contribution in [2.24, 2.45) is 0 Å². The van der Waals surface area contributed by atoms with E-state index in [1.54, 1.807) is 4.40 Å². The lowest BCUT2D eigenvalue weighted by atomic mass is 10.0.